The lowest BCUT2D eigenvalue weighted by atomic mass is 10.0. The van der Waals surface area contributed by atoms with Crippen LogP contribution in [0.2, 0.25) is 0 Å². The van der Waals surface area contributed by atoms with Gasteiger partial charge in [-0.05, 0) is 61.6 Å². The number of imidazole rings is 2. The normalized spacial score (nSPS) is 18.8. The predicted octanol–water partition coefficient (Wildman–Crippen LogP) is 6.47. The molecular weight excluding hydrogens is 572 g/mol. The topological polar surface area (TPSA) is 129 Å². The summed E-state index contributed by atoms with van der Waals surface area (Å²) in [4.78, 5) is 36.5. The number of fused-ring (bicyclic) bond motifs is 1. The van der Waals surface area contributed by atoms with E-state index in [1.165, 1.54) is 6.42 Å². The van der Waals surface area contributed by atoms with E-state index in [0.29, 0.717) is 12.6 Å². The molecule has 2 saturated heterocycles. The van der Waals surface area contributed by atoms with Gasteiger partial charge >= 0.3 is 0 Å². The summed E-state index contributed by atoms with van der Waals surface area (Å²) in [5.41, 5.74) is 14.2. The molecule has 5 N–H and O–H groups in total. The number of rotatable bonds is 7. The summed E-state index contributed by atoms with van der Waals surface area (Å²) in [7, 11) is 0. The fourth-order valence-corrected chi connectivity index (χ4v) is 6.80. The Labute approximate surface area is 267 Å². The molecule has 0 bridgehead atoms. The molecule has 0 unspecified atom stereocenters. The van der Waals surface area contributed by atoms with Crippen LogP contribution in [0.1, 0.15) is 61.0 Å². The van der Waals surface area contributed by atoms with Crippen LogP contribution in [0.25, 0.3) is 44.7 Å². The number of nitrogens with two attached hydrogens (primary N) is 1. The van der Waals surface area contributed by atoms with Gasteiger partial charge in [0.05, 0.1) is 47.1 Å². The van der Waals surface area contributed by atoms with Gasteiger partial charge in [-0.3, -0.25) is 4.79 Å². The second-order valence-corrected chi connectivity index (χ2v) is 12.3. The van der Waals surface area contributed by atoms with E-state index in [2.05, 4.69) is 74.9 Å². The van der Waals surface area contributed by atoms with Crippen molar-refractivity contribution in [3.8, 4) is 33.8 Å². The van der Waals surface area contributed by atoms with Crippen molar-refractivity contribution in [3.63, 3.8) is 0 Å². The van der Waals surface area contributed by atoms with Crippen molar-refractivity contribution in [1.82, 2.24) is 35.1 Å². The number of H-pyrrole nitrogens is 2. The van der Waals surface area contributed by atoms with E-state index in [1.54, 1.807) is 0 Å². The molecule has 3 aromatic carbocycles. The summed E-state index contributed by atoms with van der Waals surface area (Å²) in [6.07, 6.45) is 7.86. The number of hydrogen-bond donors (Lipinski definition) is 4. The molecule has 0 saturated carbocycles. The summed E-state index contributed by atoms with van der Waals surface area (Å²) >= 11 is 0. The quantitative estimate of drug-likeness (QED) is 0.164. The summed E-state index contributed by atoms with van der Waals surface area (Å²) in [5.74, 6) is 1.74. The zero-order valence-electron chi connectivity index (χ0n) is 25.5. The van der Waals surface area contributed by atoms with E-state index in [1.807, 2.05) is 47.6 Å². The van der Waals surface area contributed by atoms with E-state index >= 15 is 0 Å². The average Bonchev–Trinajstić information content (AvgIpc) is 3.94. The molecule has 6 aromatic rings. The third kappa shape index (κ3) is 5.37. The number of carbonyl (C=O) groups excluding carboxylic acids is 1. The Morgan fingerprint density at radius 1 is 0.804 bits per heavy atom. The molecule has 0 aliphatic carbocycles. The minimum Gasteiger partial charge on any atom is -0.341 e. The van der Waals surface area contributed by atoms with Gasteiger partial charge in [-0.2, -0.15) is 0 Å². The van der Waals surface area contributed by atoms with Crippen molar-refractivity contribution in [2.75, 3.05) is 13.1 Å². The fraction of sp³-hybridized carbons (Fsp3) is 0.243. The Hall–Kier alpha value is -5.12. The summed E-state index contributed by atoms with van der Waals surface area (Å²) < 4.78 is 0. The number of aromatic nitrogens is 5. The highest BCUT2D eigenvalue weighted by atomic mass is 16.2. The first-order chi connectivity index (χ1) is 22.6. The number of benzene rings is 3. The minimum absolute atomic E-state index is 0.0672. The standard InChI is InChI=1S/C37H36N8O/c38-34(25-6-2-1-3-7-25)37(46)45-19-5-9-33(45)36-41-21-31(44-36)24-12-10-23(11-13-24)28-16-14-26-20-27(15-17-29(26)42-28)32-22-40-35(43-32)30-8-4-18-39-30/h1-3,6-7,10-17,20-22,30,33-34,39H,4-5,8-9,18-19,38H2,(H,40,43)(H,41,44)/t30-,33-,34+/m0/s1. The number of aromatic amines is 2. The summed E-state index contributed by atoms with van der Waals surface area (Å²) in [5, 5.41) is 4.59. The number of amides is 1. The average molecular weight is 609 g/mol. The monoisotopic (exact) mass is 608 g/mol. The fourth-order valence-electron chi connectivity index (χ4n) is 6.80. The second-order valence-electron chi connectivity index (χ2n) is 12.3. The van der Waals surface area contributed by atoms with Crippen molar-refractivity contribution in [2.24, 2.45) is 5.73 Å². The maximum atomic E-state index is 13.3. The van der Waals surface area contributed by atoms with Gasteiger partial charge in [-0.25, -0.2) is 15.0 Å². The van der Waals surface area contributed by atoms with Gasteiger partial charge in [0, 0.05) is 23.1 Å². The molecule has 9 heteroatoms. The Kier molecular flexibility index (Phi) is 7.40. The molecule has 2 aliphatic heterocycles. The van der Waals surface area contributed by atoms with E-state index in [-0.39, 0.29) is 11.9 Å². The Balaban J connectivity index is 0.971. The van der Waals surface area contributed by atoms with E-state index < -0.39 is 6.04 Å². The molecule has 1 amide bonds. The highest BCUT2D eigenvalue weighted by molar-refractivity contribution is 5.86. The van der Waals surface area contributed by atoms with Gasteiger partial charge in [-0.15, -0.1) is 0 Å². The predicted molar refractivity (Wildman–Crippen MR) is 179 cm³/mol. The van der Waals surface area contributed by atoms with Crippen LogP contribution in [0, 0.1) is 0 Å². The molecule has 2 fully saturated rings. The molecular formula is C37H36N8O. The molecule has 0 radical (unpaired) electrons. The summed E-state index contributed by atoms with van der Waals surface area (Å²) in [6, 6.07) is 28.0. The first kappa shape index (κ1) is 28.4. The van der Waals surface area contributed by atoms with E-state index in [0.717, 1.165) is 87.7 Å². The lowest BCUT2D eigenvalue weighted by Gasteiger charge is -2.26. The zero-order chi connectivity index (χ0) is 31.0. The molecule has 0 spiro atoms. The van der Waals surface area contributed by atoms with E-state index in [4.69, 9.17) is 15.7 Å². The molecule has 46 heavy (non-hydrogen) atoms. The van der Waals surface area contributed by atoms with Crippen LogP contribution in [0.3, 0.4) is 0 Å². The minimum atomic E-state index is -0.682. The second kappa shape index (κ2) is 12.0. The van der Waals surface area contributed by atoms with Gasteiger partial charge in [0.15, 0.2) is 0 Å². The Bertz CT molecular complexity index is 1990. The van der Waals surface area contributed by atoms with Gasteiger partial charge in [-0.1, -0.05) is 66.7 Å². The number of nitrogens with one attached hydrogen (secondary N) is 3. The first-order valence-electron chi connectivity index (χ1n) is 16.1. The molecule has 8 rings (SSSR count). The maximum Gasteiger partial charge on any atom is 0.244 e. The van der Waals surface area contributed by atoms with Crippen LogP contribution in [0.4, 0.5) is 0 Å². The first-order valence-corrected chi connectivity index (χ1v) is 16.1. The molecule has 3 atom stereocenters. The Morgan fingerprint density at radius 3 is 2.35 bits per heavy atom. The molecule has 9 nitrogen and oxygen atoms in total. The van der Waals surface area contributed by atoms with Crippen molar-refractivity contribution in [1.29, 1.82) is 0 Å². The maximum absolute atomic E-state index is 13.3. The number of carbonyl (C=O) groups is 1. The third-order valence-electron chi connectivity index (χ3n) is 9.35. The lowest BCUT2D eigenvalue weighted by molar-refractivity contribution is -0.133. The molecule has 3 aromatic heterocycles. The third-order valence-corrected chi connectivity index (χ3v) is 9.35. The number of hydrogen-bond acceptors (Lipinski definition) is 6. The number of nitrogens with zero attached hydrogens (tertiary/aromatic N) is 4. The van der Waals surface area contributed by atoms with Gasteiger partial charge in [0.2, 0.25) is 5.91 Å². The molecule has 5 heterocycles. The zero-order valence-corrected chi connectivity index (χ0v) is 25.5. The largest absolute Gasteiger partial charge is 0.341 e. The summed E-state index contributed by atoms with van der Waals surface area (Å²) in [6.45, 7) is 1.73. The van der Waals surface area contributed by atoms with Crippen LogP contribution < -0.4 is 11.1 Å². The van der Waals surface area contributed by atoms with Crippen LogP contribution in [0.5, 0.6) is 0 Å². The van der Waals surface area contributed by atoms with Crippen molar-refractivity contribution >= 4 is 16.8 Å². The number of pyridine rings is 1. The van der Waals surface area contributed by atoms with Gasteiger partial charge in [0.25, 0.3) is 0 Å². The highest BCUT2D eigenvalue weighted by Crippen LogP contribution is 2.34. The van der Waals surface area contributed by atoms with Crippen molar-refractivity contribution < 1.29 is 4.79 Å². The highest BCUT2D eigenvalue weighted by Gasteiger charge is 2.35. The van der Waals surface area contributed by atoms with Crippen LogP contribution >= 0.6 is 0 Å². The van der Waals surface area contributed by atoms with E-state index in [9.17, 15) is 4.79 Å². The molecule has 2 aliphatic rings. The molecule has 230 valence electrons. The van der Waals surface area contributed by atoms with Crippen molar-refractivity contribution in [2.45, 2.75) is 43.8 Å². The number of likely N-dealkylation sites (tertiary alicyclic amines) is 1. The van der Waals surface area contributed by atoms with Crippen LogP contribution in [0.15, 0.2) is 97.3 Å². The lowest BCUT2D eigenvalue weighted by Crippen LogP contribution is -2.38. The smallest absolute Gasteiger partial charge is 0.244 e. The van der Waals surface area contributed by atoms with Crippen LogP contribution in [-0.4, -0.2) is 48.8 Å². The van der Waals surface area contributed by atoms with Crippen LogP contribution in [-0.2, 0) is 4.79 Å². The van der Waals surface area contributed by atoms with Crippen molar-refractivity contribution in [3.05, 3.63) is 115 Å². The van der Waals surface area contributed by atoms with Gasteiger partial charge < -0.3 is 25.9 Å². The SMILES string of the molecule is N[C@@H](C(=O)N1CCC[C@H]1c1ncc(-c2ccc(-c3ccc4cc(-c5cnc([C@@H]6CCCN6)[nH]5)ccc4n3)cc2)[nH]1)c1ccccc1. The van der Waals surface area contributed by atoms with Gasteiger partial charge in [0.1, 0.15) is 17.7 Å². The Morgan fingerprint density at radius 2 is 1.54 bits per heavy atom.